The van der Waals surface area contributed by atoms with Crippen molar-refractivity contribution in [3.05, 3.63) is 82.1 Å². The molecular formula is C27H30ClFO3. The van der Waals surface area contributed by atoms with Gasteiger partial charge in [-0.1, -0.05) is 54.1 Å². The van der Waals surface area contributed by atoms with Crippen molar-refractivity contribution in [1.29, 1.82) is 0 Å². The minimum atomic E-state index is -0.170. The third kappa shape index (κ3) is 6.08. The molecule has 1 saturated heterocycles. The van der Waals surface area contributed by atoms with Crippen molar-refractivity contribution in [1.82, 2.24) is 0 Å². The van der Waals surface area contributed by atoms with Gasteiger partial charge in [-0.25, -0.2) is 4.39 Å². The lowest BCUT2D eigenvalue weighted by molar-refractivity contribution is -0.204. The molecule has 3 aromatic carbocycles. The van der Waals surface area contributed by atoms with Crippen molar-refractivity contribution >= 4 is 22.4 Å². The van der Waals surface area contributed by atoms with Crippen LogP contribution in [-0.2, 0) is 33.5 Å². The molecule has 0 saturated carbocycles. The normalized spacial score (nSPS) is 18.8. The lowest BCUT2D eigenvalue weighted by Gasteiger charge is -2.29. The van der Waals surface area contributed by atoms with Crippen LogP contribution in [0.15, 0.2) is 54.6 Å². The van der Waals surface area contributed by atoms with Gasteiger partial charge >= 0.3 is 0 Å². The van der Waals surface area contributed by atoms with Crippen molar-refractivity contribution in [2.24, 2.45) is 5.92 Å². The Hall–Kier alpha value is -1.98. The highest BCUT2D eigenvalue weighted by Crippen LogP contribution is 2.25. The summed E-state index contributed by atoms with van der Waals surface area (Å²) in [6, 6.07) is 17.6. The second kappa shape index (κ2) is 11.2. The maximum Gasteiger partial charge on any atom is 0.157 e. The summed E-state index contributed by atoms with van der Waals surface area (Å²) in [4.78, 5) is 0. The summed E-state index contributed by atoms with van der Waals surface area (Å²) in [5.41, 5.74) is 3.06. The van der Waals surface area contributed by atoms with Crippen molar-refractivity contribution in [3.63, 3.8) is 0 Å². The van der Waals surface area contributed by atoms with E-state index in [0.29, 0.717) is 22.7 Å². The molecule has 32 heavy (non-hydrogen) atoms. The molecule has 5 heteroatoms. The van der Waals surface area contributed by atoms with Crippen molar-refractivity contribution in [2.75, 3.05) is 26.9 Å². The Bertz CT molecular complexity index is 1010. The molecule has 0 unspecified atom stereocenters. The number of ether oxygens (including phenoxy) is 3. The molecule has 1 fully saturated rings. The summed E-state index contributed by atoms with van der Waals surface area (Å²) >= 11 is 5.94. The van der Waals surface area contributed by atoms with Crippen LogP contribution in [0.3, 0.4) is 0 Å². The van der Waals surface area contributed by atoms with Crippen LogP contribution in [0.5, 0.6) is 0 Å². The summed E-state index contributed by atoms with van der Waals surface area (Å²) in [7, 11) is 1.71. The highest BCUT2D eigenvalue weighted by atomic mass is 35.5. The van der Waals surface area contributed by atoms with E-state index in [1.165, 1.54) is 5.56 Å². The second-order valence-corrected chi connectivity index (χ2v) is 8.94. The van der Waals surface area contributed by atoms with Crippen LogP contribution in [0.2, 0.25) is 5.02 Å². The average molecular weight is 457 g/mol. The van der Waals surface area contributed by atoms with Gasteiger partial charge in [0.1, 0.15) is 5.82 Å². The lowest BCUT2D eigenvalue weighted by Crippen LogP contribution is -2.32. The maximum atomic E-state index is 15.1. The Kier molecular flexibility index (Phi) is 8.15. The van der Waals surface area contributed by atoms with E-state index >= 15 is 4.39 Å². The molecule has 0 bridgehead atoms. The molecule has 1 aliphatic heterocycles. The molecule has 0 aromatic heterocycles. The van der Waals surface area contributed by atoms with Gasteiger partial charge in [-0.05, 0) is 59.9 Å². The van der Waals surface area contributed by atoms with E-state index in [2.05, 4.69) is 6.07 Å². The van der Waals surface area contributed by atoms with E-state index in [1.54, 1.807) is 7.11 Å². The molecule has 1 aliphatic rings. The number of methoxy groups -OCH3 is 1. The first-order chi connectivity index (χ1) is 15.6. The molecule has 0 amide bonds. The van der Waals surface area contributed by atoms with Crippen LogP contribution in [0.25, 0.3) is 10.8 Å². The molecule has 3 nitrogen and oxygen atoms in total. The summed E-state index contributed by atoms with van der Waals surface area (Å²) in [6.07, 6.45) is 3.86. The number of hydrogen-bond donors (Lipinski definition) is 0. The van der Waals surface area contributed by atoms with Gasteiger partial charge in [0.05, 0.1) is 13.2 Å². The van der Waals surface area contributed by atoms with Gasteiger partial charge in [-0.15, -0.1) is 0 Å². The van der Waals surface area contributed by atoms with E-state index in [0.717, 1.165) is 62.0 Å². The summed E-state index contributed by atoms with van der Waals surface area (Å²) in [5, 5.41) is 2.32. The SMILES string of the molecule is COCCC1COC(CCc2ccc3c(F)c(CCc4ccc(Cl)cc4)ccc3c2)OC1. The number of aryl methyl sites for hydroxylation is 3. The zero-order valence-electron chi connectivity index (χ0n) is 18.5. The Morgan fingerprint density at radius 2 is 1.66 bits per heavy atom. The average Bonchev–Trinajstić information content (AvgIpc) is 2.82. The van der Waals surface area contributed by atoms with E-state index < -0.39 is 0 Å². The number of fused-ring (bicyclic) bond motifs is 1. The zero-order valence-corrected chi connectivity index (χ0v) is 19.2. The number of halogens is 2. The predicted octanol–water partition coefficient (Wildman–Crippen LogP) is 6.38. The molecular weight excluding hydrogens is 427 g/mol. The van der Waals surface area contributed by atoms with Gasteiger partial charge < -0.3 is 14.2 Å². The molecule has 0 atom stereocenters. The van der Waals surface area contributed by atoms with E-state index in [1.807, 2.05) is 48.5 Å². The van der Waals surface area contributed by atoms with Gasteiger partial charge in [-0.2, -0.15) is 0 Å². The van der Waals surface area contributed by atoms with Gasteiger partial charge in [0.15, 0.2) is 6.29 Å². The van der Waals surface area contributed by atoms with Crippen molar-refractivity contribution in [3.8, 4) is 0 Å². The summed E-state index contributed by atoms with van der Waals surface area (Å²) < 4.78 is 31.9. The van der Waals surface area contributed by atoms with Crippen LogP contribution in [0.4, 0.5) is 4.39 Å². The summed E-state index contributed by atoms with van der Waals surface area (Å²) in [6.45, 7) is 2.17. The van der Waals surface area contributed by atoms with Crippen LogP contribution in [-0.4, -0.2) is 33.2 Å². The molecule has 0 spiro atoms. The van der Waals surface area contributed by atoms with Crippen LogP contribution in [0.1, 0.15) is 29.5 Å². The highest BCUT2D eigenvalue weighted by molar-refractivity contribution is 6.30. The van der Waals surface area contributed by atoms with Crippen LogP contribution >= 0.6 is 11.6 Å². The van der Waals surface area contributed by atoms with E-state index in [9.17, 15) is 0 Å². The first-order valence-corrected chi connectivity index (χ1v) is 11.7. The fraction of sp³-hybridized carbons (Fsp3) is 0.407. The lowest BCUT2D eigenvalue weighted by atomic mass is 9.98. The van der Waals surface area contributed by atoms with Crippen LogP contribution in [0, 0.1) is 11.7 Å². The number of rotatable bonds is 9. The molecule has 0 aliphatic carbocycles. The van der Waals surface area contributed by atoms with Gasteiger partial charge in [0, 0.05) is 36.5 Å². The van der Waals surface area contributed by atoms with Crippen LogP contribution < -0.4 is 0 Å². The minimum Gasteiger partial charge on any atom is -0.385 e. The fourth-order valence-corrected chi connectivity index (χ4v) is 4.28. The fourth-order valence-electron chi connectivity index (χ4n) is 4.15. The Labute approximate surface area is 194 Å². The molecule has 0 radical (unpaired) electrons. The Morgan fingerprint density at radius 3 is 2.41 bits per heavy atom. The molecule has 3 aromatic rings. The van der Waals surface area contributed by atoms with Gasteiger partial charge in [-0.3, -0.25) is 0 Å². The number of hydrogen-bond acceptors (Lipinski definition) is 3. The third-order valence-electron chi connectivity index (χ3n) is 6.13. The standard InChI is InChI=1S/C27H30ClFO3/c1-30-15-14-21-17-31-26(32-18-21)13-6-20-5-12-25-23(16-20)9-8-22(27(25)29)7-2-19-3-10-24(28)11-4-19/h3-5,8-12,16,21,26H,2,6-7,13-15,17-18H2,1H3. The zero-order chi connectivity index (χ0) is 22.3. The molecule has 0 N–H and O–H groups in total. The number of benzene rings is 3. The third-order valence-corrected chi connectivity index (χ3v) is 6.38. The molecule has 170 valence electrons. The Balaban J connectivity index is 1.33. The second-order valence-electron chi connectivity index (χ2n) is 8.50. The first kappa shape index (κ1) is 23.2. The van der Waals surface area contributed by atoms with E-state index in [4.69, 9.17) is 25.8 Å². The van der Waals surface area contributed by atoms with Crippen molar-refractivity contribution < 1.29 is 18.6 Å². The Morgan fingerprint density at radius 1 is 0.906 bits per heavy atom. The molecule has 4 rings (SSSR count). The molecule has 1 heterocycles. The quantitative estimate of drug-likeness (QED) is 0.374. The van der Waals surface area contributed by atoms with E-state index in [-0.39, 0.29) is 12.1 Å². The maximum absolute atomic E-state index is 15.1. The first-order valence-electron chi connectivity index (χ1n) is 11.3. The van der Waals surface area contributed by atoms with Gasteiger partial charge in [0.25, 0.3) is 0 Å². The van der Waals surface area contributed by atoms with Crippen molar-refractivity contribution in [2.45, 2.75) is 38.4 Å². The smallest absolute Gasteiger partial charge is 0.157 e. The highest BCUT2D eigenvalue weighted by Gasteiger charge is 2.22. The summed E-state index contributed by atoms with van der Waals surface area (Å²) in [5.74, 6) is 0.285. The topological polar surface area (TPSA) is 27.7 Å². The predicted molar refractivity (Wildman–Crippen MR) is 127 cm³/mol. The largest absolute Gasteiger partial charge is 0.385 e. The minimum absolute atomic E-state index is 0.121. The monoisotopic (exact) mass is 456 g/mol. The van der Waals surface area contributed by atoms with Gasteiger partial charge in [0.2, 0.25) is 0 Å².